The van der Waals surface area contributed by atoms with Gasteiger partial charge in [-0.2, -0.15) is 0 Å². The van der Waals surface area contributed by atoms with Crippen LogP contribution in [-0.2, 0) is 18.2 Å². The van der Waals surface area contributed by atoms with E-state index in [0.29, 0.717) is 23.6 Å². The third kappa shape index (κ3) is 1.82. The minimum atomic E-state index is -0.353. The molecule has 0 fully saturated rings. The molecule has 1 aromatic carbocycles. The number of benzene rings is 1. The number of hydrogen-bond donors (Lipinski definition) is 1. The van der Waals surface area contributed by atoms with E-state index in [-0.39, 0.29) is 5.97 Å². The number of rotatable bonds is 3. The van der Waals surface area contributed by atoms with Gasteiger partial charge >= 0.3 is 5.97 Å². The Morgan fingerprint density at radius 3 is 2.58 bits per heavy atom. The summed E-state index contributed by atoms with van der Waals surface area (Å²) in [6.45, 7) is 1.99. The zero-order chi connectivity index (χ0) is 14.2. The molecule has 1 heterocycles. The van der Waals surface area contributed by atoms with Gasteiger partial charge in [-0.3, -0.25) is 0 Å². The summed E-state index contributed by atoms with van der Waals surface area (Å²) >= 11 is 0. The smallest absolute Gasteiger partial charge is 0.354 e. The normalized spacial score (nSPS) is 10.7. The first-order valence-corrected chi connectivity index (χ1v) is 6.08. The van der Waals surface area contributed by atoms with Gasteiger partial charge in [-0.15, -0.1) is 0 Å². The molecule has 0 amide bonds. The second-order valence-electron chi connectivity index (χ2n) is 4.31. The van der Waals surface area contributed by atoms with Crippen molar-refractivity contribution in [1.29, 1.82) is 0 Å². The molecule has 0 aliphatic rings. The number of aromatic nitrogens is 1. The molecule has 102 valence electrons. The molecule has 0 spiro atoms. The number of nitrogens with zero attached hydrogens (tertiary/aromatic N) is 1. The molecular formula is C14H18N2O3. The van der Waals surface area contributed by atoms with E-state index in [1.807, 2.05) is 24.6 Å². The predicted molar refractivity (Wildman–Crippen MR) is 74.6 cm³/mol. The van der Waals surface area contributed by atoms with E-state index in [9.17, 15) is 4.79 Å². The Hall–Kier alpha value is -2.17. The Morgan fingerprint density at radius 2 is 2.05 bits per heavy atom. The van der Waals surface area contributed by atoms with Crippen LogP contribution in [0.25, 0.3) is 10.9 Å². The van der Waals surface area contributed by atoms with Gasteiger partial charge in [-0.1, -0.05) is 6.92 Å². The summed E-state index contributed by atoms with van der Waals surface area (Å²) in [6.07, 6.45) is 0.694. The maximum Gasteiger partial charge on any atom is 0.354 e. The Kier molecular flexibility index (Phi) is 3.38. The third-order valence-electron chi connectivity index (χ3n) is 3.42. The van der Waals surface area contributed by atoms with E-state index < -0.39 is 0 Å². The fourth-order valence-corrected chi connectivity index (χ4v) is 2.51. The lowest BCUT2D eigenvalue weighted by Gasteiger charge is -2.06. The Labute approximate surface area is 111 Å². The lowest BCUT2D eigenvalue weighted by atomic mass is 10.1. The van der Waals surface area contributed by atoms with Crippen molar-refractivity contribution in [1.82, 2.24) is 4.57 Å². The summed E-state index contributed by atoms with van der Waals surface area (Å²) < 4.78 is 11.9. The Bertz CT molecular complexity index is 644. The van der Waals surface area contributed by atoms with Crippen molar-refractivity contribution in [2.24, 2.45) is 7.05 Å². The van der Waals surface area contributed by atoms with Gasteiger partial charge in [0.2, 0.25) is 0 Å². The van der Waals surface area contributed by atoms with Crippen molar-refractivity contribution in [2.75, 3.05) is 20.0 Å². The summed E-state index contributed by atoms with van der Waals surface area (Å²) in [5.41, 5.74) is 9.03. The first-order chi connectivity index (χ1) is 9.06. The summed E-state index contributed by atoms with van der Waals surface area (Å²) in [5, 5.41) is 0.866. The SMILES string of the molecule is CCc1c(C(=O)OC)n(C)c2ccc(OC)c(N)c12. The summed E-state index contributed by atoms with van der Waals surface area (Å²) in [5.74, 6) is 0.262. The maximum absolute atomic E-state index is 11.9. The van der Waals surface area contributed by atoms with Crippen molar-refractivity contribution < 1.29 is 14.3 Å². The van der Waals surface area contributed by atoms with Crippen molar-refractivity contribution in [3.63, 3.8) is 0 Å². The van der Waals surface area contributed by atoms with Crippen molar-refractivity contribution in [3.05, 3.63) is 23.4 Å². The van der Waals surface area contributed by atoms with Crippen molar-refractivity contribution in [3.8, 4) is 5.75 Å². The molecule has 0 radical (unpaired) electrons. The molecule has 2 aromatic rings. The number of fused-ring (bicyclic) bond motifs is 1. The van der Waals surface area contributed by atoms with E-state index in [1.165, 1.54) is 7.11 Å². The van der Waals surface area contributed by atoms with E-state index >= 15 is 0 Å². The fraction of sp³-hybridized carbons (Fsp3) is 0.357. The lowest BCUT2D eigenvalue weighted by molar-refractivity contribution is 0.0589. The predicted octanol–water partition coefficient (Wildman–Crippen LogP) is 2.12. The average molecular weight is 262 g/mol. The largest absolute Gasteiger partial charge is 0.495 e. The van der Waals surface area contributed by atoms with Gasteiger partial charge in [0, 0.05) is 12.4 Å². The molecule has 2 N–H and O–H groups in total. The highest BCUT2D eigenvalue weighted by Crippen LogP contribution is 2.36. The highest BCUT2D eigenvalue weighted by Gasteiger charge is 2.23. The van der Waals surface area contributed by atoms with Gasteiger partial charge in [0.15, 0.2) is 0 Å². The molecule has 5 heteroatoms. The molecule has 0 bridgehead atoms. The number of anilines is 1. The summed E-state index contributed by atoms with van der Waals surface area (Å²) in [6, 6.07) is 3.70. The number of carbonyl (C=O) groups is 1. The standard InChI is InChI=1S/C14H18N2O3/c1-5-8-11-9(6-7-10(18-3)12(11)15)16(2)13(8)14(17)19-4/h6-7H,5,15H2,1-4H3. The van der Waals surface area contributed by atoms with E-state index in [2.05, 4.69) is 0 Å². The second kappa shape index (κ2) is 4.84. The first kappa shape index (κ1) is 13.3. The van der Waals surface area contributed by atoms with Crippen LogP contribution in [0, 0.1) is 0 Å². The Balaban J connectivity index is 2.89. The van der Waals surface area contributed by atoms with Crippen LogP contribution in [0.15, 0.2) is 12.1 Å². The highest BCUT2D eigenvalue weighted by atomic mass is 16.5. The summed E-state index contributed by atoms with van der Waals surface area (Å²) in [7, 11) is 4.79. The van der Waals surface area contributed by atoms with Gasteiger partial charge in [-0.05, 0) is 24.1 Å². The topological polar surface area (TPSA) is 66.5 Å². The van der Waals surface area contributed by atoms with E-state index in [4.69, 9.17) is 15.2 Å². The zero-order valence-corrected chi connectivity index (χ0v) is 11.6. The Morgan fingerprint density at radius 1 is 1.37 bits per heavy atom. The zero-order valence-electron chi connectivity index (χ0n) is 11.6. The quantitative estimate of drug-likeness (QED) is 0.679. The number of methoxy groups -OCH3 is 2. The van der Waals surface area contributed by atoms with Crippen LogP contribution in [-0.4, -0.2) is 24.8 Å². The number of nitrogens with two attached hydrogens (primary N) is 1. The van der Waals surface area contributed by atoms with Gasteiger partial charge in [-0.25, -0.2) is 4.79 Å². The number of aryl methyl sites for hydroxylation is 2. The van der Waals surface area contributed by atoms with E-state index in [0.717, 1.165) is 16.5 Å². The number of esters is 1. The molecule has 2 rings (SSSR count). The molecule has 5 nitrogen and oxygen atoms in total. The van der Waals surface area contributed by atoms with E-state index in [1.54, 1.807) is 13.2 Å². The van der Waals surface area contributed by atoms with Crippen LogP contribution in [0.1, 0.15) is 23.0 Å². The monoisotopic (exact) mass is 262 g/mol. The fourth-order valence-electron chi connectivity index (χ4n) is 2.51. The molecule has 0 saturated heterocycles. The molecule has 1 aromatic heterocycles. The molecule has 0 aliphatic carbocycles. The lowest BCUT2D eigenvalue weighted by Crippen LogP contribution is -2.09. The third-order valence-corrected chi connectivity index (χ3v) is 3.42. The first-order valence-electron chi connectivity index (χ1n) is 6.08. The summed E-state index contributed by atoms with van der Waals surface area (Å²) in [4.78, 5) is 11.9. The highest BCUT2D eigenvalue weighted by molar-refractivity contribution is 6.05. The number of hydrogen-bond acceptors (Lipinski definition) is 4. The van der Waals surface area contributed by atoms with Crippen LogP contribution in [0.3, 0.4) is 0 Å². The van der Waals surface area contributed by atoms with Crippen molar-refractivity contribution >= 4 is 22.6 Å². The number of nitrogen functional groups attached to an aromatic ring is 1. The molecule has 19 heavy (non-hydrogen) atoms. The molecule has 0 saturated carbocycles. The number of carbonyl (C=O) groups excluding carboxylic acids is 1. The van der Waals surface area contributed by atoms with Gasteiger partial charge in [0.05, 0.1) is 25.4 Å². The van der Waals surface area contributed by atoms with Crippen LogP contribution >= 0.6 is 0 Å². The van der Waals surface area contributed by atoms with Gasteiger partial charge in [0.1, 0.15) is 11.4 Å². The van der Waals surface area contributed by atoms with Gasteiger partial charge in [0.25, 0.3) is 0 Å². The van der Waals surface area contributed by atoms with Crippen molar-refractivity contribution in [2.45, 2.75) is 13.3 Å². The molecule has 0 atom stereocenters. The minimum Gasteiger partial charge on any atom is -0.495 e. The molecular weight excluding hydrogens is 244 g/mol. The average Bonchev–Trinajstić information content (AvgIpc) is 2.72. The minimum absolute atomic E-state index is 0.353. The molecule has 0 aliphatic heterocycles. The second-order valence-corrected chi connectivity index (χ2v) is 4.31. The number of ether oxygens (including phenoxy) is 2. The maximum atomic E-state index is 11.9. The van der Waals surface area contributed by atoms with Crippen LogP contribution in [0.2, 0.25) is 0 Å². The van der Waals surface area contributed by atoms with Gasteiger partial charge < -0.3 is 19.8 Å². The molecule has 0 unspecified atom stereocenters. The van der Waals surface area contributed by atoms with Crippen LogP contribution in [0.5, 0.6) is 5.75 Å². The van der Waals surface area contributed by atoms with Crippen LogP contribution < -0.4 is 10.5 Å². The van der Waals surface area contributed by atoms with Crippen LogP contribution in [0.4, 0.5) is 5.69 Å².